The predicted molar refractivity (Wildman–Crippen MR) is 108 cm³/mol. The summed E-state index contributed by atoms with van der Waals surface area (Å²) in [5.41, 5.74) is 2.09. The number of hydrogen-bond donors (Lipinski definition) is 1. The number of carbonyl (C=O) groups excluding carboxylic acids is 1. The lowest BCUT2D eigenvalue weighted by Gasteiger charge is -2.19. The number of nitrogens with zero attached hydrogens (tertiary/aromatic N) is 1. The maximum Gasteiger partial charge on any atom is 0.224 e. The second-order valence-electron chi connectivity index (χ2n) is 6.74. The van der Waals surface area contributed by atoms with E-state index in [1.54, 1.807) is 42.6 Å². The van der Waals surface area contributed by atoms with Gasteiger partial charge in [0.2, 0.25) is 5.91 Å². The number of aromatic nitrogens is 1. The predicted octanol–water partition coefficient (Wildman–Crippen LogP) is 3.40. The van der Waals surface area contributed by atoms with Gasteiger partial charge >= 0.3 is 0 Å². The molecule has 0 radical (unpaired) electrons. The summed E-state index contributed by atoms with van der Waals surface area (Å²) in [6.45, 7) is 1.78. The van der Waals surface area contributed by atoms with Gasteiger partial charge in [-0.05, 0) is 48.4 Å². The standard InChI is InChI=1S/C22H21FN2O3S/c1-16-4-10-20(11-5-16)29(27,28)21(18-3-2-12-24-14-18)15-25-22(26)13-17-6-8-19(23)9-7-17/h2-12,14,21H,13,15H2,1H3,(H,25,26)/t21-/m1/s1. The third kappa shape index (κ3) is 5.26. The number of hydrogen-bond acceptors (Lipinski definition) is 4. The van der Waals surface area contributed by atoms with E-state index >= 15 is 0 Å². The van der Waals surface area contributed by atoms with Gasteiger partial charge in [0.25, 0.3) is 0 Å². The van der Waals surface area contributed by atoms with Gasteiger partial charge in [0.15, 0.2) is 9.84 Å². The fourth-order valence-electron chi connectivity index (χ4n) is 2.92. The molecule has 0 saturated heterocycles. The van der Waals surface area contributed by atoms with Crippen molar-refractivity contribution in [1.29, 1.82) is 0 Å². The minimum Gasteiger partial charge on any atom is -0.354 e. The van der Waals surface area contributed by atoms with E-state index in [0.717, 1.165) is 5.56 Å². The van der Waals surface area contributed by atoms with Crippen LogP contribution in [0, 0.1) is 12.7 Å². The summed E-state index contributed by atoms with van der Waals surface area (Å²) >= 11 is 0. The molecular weight excluding hydrogens is 391 g/mol. The number of halogens is 1. The lowest BCUT2D eigenvalue weighted by Crippen LogP contribution is -2.33. The lowest BCUT2D eigenvalue weighted by molar-refractivity contribution is -0.120. The van der Waals surface area contributed by atoms with Gasteiger partial charge in [-0.3, -0.25) is 9.78 Å². The molecule has 1 atom stereocenters. The average molecular weight is 412 g/mol. The largest absolute Gasteiger partial charge is 0.354 e. The van der Waals surface area contributed by atoms with Crippen LogP contribution >= 0.6 is 0 Å². The van der Waals surface area contributed by atoms with Crippen LogP contribution in [-0.2, 0) is 21.1 Å². The first kappa shape index (κ1) is 20.7. The molecule has 1 N–H and O–H groups in total. The molecule has 3 rings (SSSR count). The van der Waals surface area contributed by atoms with Crippen molar-refractivity contribution < 1.29 is 17.6 Å². The van der Waals surface area contributed by atoms with Crippen molar-refractivity contribution in [2.45, 2.75) is 23.5 Å². The minimum absolute atomic E-state index is 0.0324. The Bertz CT molecular complexity index is 1070. The second kappa shape index (κ2) is 8.96. The van der Waals surface area contributed by atoms with Crippen LogP contribution in [0.5, 0.6) is 0 Å². The van der Waals surface area contributed by atoms with Gasteiger partial charge in [-0.2, -0.15) is 0 Å². The van der Waals surface area contributed by atoms with Crippen LogP contribution in [0.1, 0.15) is 21.9 Å². The molecule has 1 heterocycles. The van der Waals surface area contributed by atoms with Crippen LogP contribution in [0.15, 0.2) is 78.0 Å². The van der Waals surface area contributed by atoms with Crippen LogP contribution in [0.4, 0.5) is 4.39 Å². The Morgan fingerprint density at radius 2 is 1.76 bits per heavy atom. The second-order valence-corrected chi connectivity index (χ2v) is 8.87. The zero-order valence-electron chi connectivity index (χ0n) is 15.9. The Hall–Kier alpha value is -3.06. The van der Waals surface area contributed by atoms with E-state index in [0.29, 0.717) is 11.1 Å². The van der Waals surface area contributed by atoms with Crippen molar-refractivity contribution >= 4 is 15.7 Å². The van der Waals surface area contributed by atoms with E-state index in [-0.39, 0.29) is 29.6 Å². The van der Waals surface area contributed by atoms with E-state index in [9.17, 15) is 17.6 Å². The Morgan fingerprint density at radius 1 is 1.07 bits per heavy atom. The number of nitrogens with one attached hydrogen (secondary N) is 1. The summed E-state index contributed by atoms with van der Waals surface area (Å²) in [5, 5.41) is 1.72. The molecule has 1 aromatic heterocycles. The van der Waals surface area contributed by atoms with Gasteiger partial charge in [-0.15, -0.1) is 0 Å². The number of carbonyl (C=O) groups is 1. The van der Waals surface area contributed by atoms with E-state index in [1.165, 1.54) is 30.5 Å². The highest BCUT2D eigenvalue weighted by molar-refractivity contribution is 7.91. The fraction of sp³-hybridized carbons (Fsp3) is 0.182. The molecule has 29 heavy (non-hydrogen) atoms. The topological polar surface area (TPSA) is 76.1 Å². The molecule has 5 nitrogen and oxygen atoms in total. The van der Waals surface area contributed by atoms with E-state index in [2.05, 4.69) is 10.3 Å². The summed E-state index contributed by atoms with van der Waals surface area (Å²) in [7, 11) is -3.75. The monoisotopic (exact) mass is 412 g/mol. The maximum absolute atomic E-state index is 13.2. The Morgan fingerprint density at radius 3 is 2.38 bits per heavy atom. The normalized spacial score (nSPS) is 12.3. The number of benzene rings is 2. The van der Waals surface area contributed by atoms with E-state index in [1.807, 2.05) is 6.92 Å². The molecule has 0 unspecified atom stereocenters. The highest BCUT2D eigenvalue weighted by Crippen LogP contribution is 2.28. The van der Waals surface area contributed by atoms with Crippen molar-refractivity contribution in [3.63, 3.8) is 0 Å². The van der Waals surface area contributed by atoms with Crippen LogP contribution in [0.25, 0.3) is 0 Å². The minimum atomic E-state index is -3.75. The number of rotatable bonds is 7. The molecule has 0 spiro atoms. The number of pyridine rings is 1. The molecule has 150 valence electrons. The van der Waals surface area contributed by atoms with Crippen molar-refractivity contribution in [2.75, 3.05) is 6.54 Å². The summed E-state index contributed by atoms with van der Waals surface area (Å²) in [6, 6.07) is 15.5. The molecule has 0 bridgehead atoms. The van der Waals surface area contributed by atoms with Crippen LogP contribution in [-0.4, -0.2) is 25.9 Å². The van der Waals surface area contributed by atoms with Crippen LogP contribution in [0.3, 0.4) is 0 Å². The zero-order valence-corrected chi connectivity index (χ0v) is 16.7. The first-order chi connectivity index (χ1) is 13.9. The highest BCUT2D eigenvalue weighted by Gasteiger charge is 2.29. The van der Waals surface area contributed by atoms with Gasteiger partial charge in [-0.1, -0.05) is 35.9 Å². The average Bonchev–Trinajstić information content (AvgIpc) is 2.71. The maximum atomic E-state index is 13.2. The van der Waals surface area contributed by atoms with Gasteiger partial charge in [0.1, 0.15) is 11.1 Å². The molecule has 0 aliphatic heterocycles. The zero-order chi connectivity index (χ0) is 20.9. The SMILES string of the molecule is Cc1ccc(S(=O)(=O)[C@H](CNC(=O)Cc2ccc(F)cc2)c2cccnc2)cc1. The summed E-state index contributed by atoms with van der Waals surface area (Å²) in [6.07, 6.45) is 3.08. The molecule has 0 aliphatic rings. The highest BCUT2D eigenvalue weighted by atomic mass is 32.2. The molecule has 3 aromatic rings. The molecule has 2 aromatic carbocycles. The Labute approximate surface area is 169 Å². The molecule has 1 amide bonds. The summed E-state index contributed by atoms with van der Waals surface area (Å²) in [5.74, 6) is -0.723. The summed E-state index contributed by atoms with van der Waals surface area (Å²) < 4.78 is 39.5. The van der Waals surface area contributed by atoms with Crippen LogP contribution < -0.4 is 5.32 Å². The Kier molecular flexibility index (Phi) is 6.39. The van der Waals surface area contributed by atoms with Gasteiger partial charge in [-0.25, -0.2) is 12.8 Å². The van der Waals surface area contributed by atoms with E-state index < -0.39 is 15.1 Å². The lowest BCUT2D eigenvalue weighted by atomic mass is 10.1. The van der Waals surface area contributed by atoms with Crippen molar-refractivity contribution in [2.24, 2.45) is 0 Å². The molecule has 7 heteroatoms. The molecule has 0 aliphatic carbocycles. The van der Waals surface area contributed by atoms with Gasteiger partial charge in [0, 0.05) is 18.9 Å². The first-order valence-electron chi connectivity index (χ1n) is 9.08. The van der Waals surface area contributed by atoms with Gasteiger partial charge < -0.3 is 5.32 Å². The number of sulfone groups is 1. The third-order valence-electron chi connectivity index (χ3n) is 4.54. The van der Waals surface area contributed by atoms with Crippen molar-refractivity contribution in [3.05, 3.63) is 95.6 Å². The fourth-order valence-corrected chi connectivity index (χ4v) is 4.57. The van der Waals surface area contributed by atoms with Gasteiger partial charge in [0.05, 0.1) is 11.3 Å². The molecular formula is C22H21FN2O3S. The molecule has 0 saturated carbocycles. The number of amides is 1. The smallest absolute Gasteiger partial charge is 0.224 e. The third-order valence-corrected chi connectivity index (χ3v) is 6.66. The van der Waals surface area contributed by atoms with E-state index in [4.69, 9.17) is 0 Å². The van der Waals surface area contributed by atoms with Crippen molar-refractivity contribution in [3.8, 4) is 0 Å². The van der Waals surface area contributed by atoms with Crippen LogP contribution in [0.2, 0.25) is 0 Å². The Balaban J connectivity index is 1.80. The molecule has 0 fully saturated rings. The van der Waals surface area contributed by atoms with Crippen molar-refractivity contribution in [1.82, 2.24) is 10.3 Å². The first-order valence-corrected chi connectivity index (χ1v) is 10.6. The quantitative estimate of drug-likeness (QED) is 0.645. The number of aryl methyl sites for hydroxylation is 1. The summed E-state index contributed by atoms with van der Waals surface area (Å²) in [4.78, 5) is 16.5.